The molecule has 1 aromatic carbocycles. The number of aromatic nitrogens is 1. The van der Waals surface area contributed by atoms with Gasteiger partial charge in [0.25, 0.3) is 0 Å². The van der Waals surface area contributed by atoms with Crippen LogP contribution < -0.4 is 33.2 Å². The first kappa shape index (κ1) is 33.1. The number of nitrogens with two attached hydrogens (primary N) is 3. The Bertz CT molecular complexity index is 1220. The fourth-order valence-electron chi connectivity index (χ4n) is 4.42. The second-order valence-corrected chi connectivity index (χ2v) is 10.9. The van der Waals surface area contributed by atoms with E-state index in [4.69, 9.17) is 17.2 Å². The molecule has 2 aromatic rings. The highest BCUT2D eigenvalue weighted by molar-refractivity contribution is 5.94. The number of aliphatic carboxylic acids is 1. The third kappa shape index (κ3) is 10.4. The minimum Gasteiger partial charge on any atom is -0.480 e. The van der Waals surface area contributed by atoms with Crippen molar-refractivity contribution in [2.75, 3.05) is 6.54 Å². The monoisotopic (exact) mass is 572 g/mol. The van der Waals surface area contributed by atoms with E-state index in [0.29, 0.717) is 6.42 Å². The molecule has 1 aromatic heterocycles. The number of H-pyrrole nitrogens is 1. The van der Waals surface area contributed by atoms with E-state index >= 15 is 0 Å². The lowest BCUT2D eigenvalue weighted by Gasteiger charge is -2.27. The molecular formula is C28H44N8O5. The van der Waals surface area contributed by atoms with Gasteiger partial charge in [-0.05, 0) is 49.1 Å². The summed E-state index contributed by atoms with van der Waals surface area (Å²) in [5, 5.41) is 18.4. The van der Waals surface area contributed by atoms with Gasteiger partial charge in [-0.1, -0.05) is 45.9 Å². The number of benzene rings is 1. The molecule has 0 bridgehead atoms. The number of para-hydroxylation sites is 1. The van der Waals surface area contributed by atoms with Crippen LogP contribution in [0.5, 0.6) is 0 Å². The van der Waals surface area contributed by atoms with E-state index in [9.17, 15) is 24.3 Å². The number of aromatic amines is 1. The highest BCUT2D eigenvalue weighted by Crippen LogP contribution is 2.19. The van der Waals surface area contributed by atoms with E-state index in [1.54, 1.807) is 20.0 Å². The van der Waals surface area contributed by atoms with Crippen molar-refractivity contribution in [3.8, 4) is 0 Å². The second-order valence-electron chi connectivity index (χ2n) is 10.9. The zero-order valence-corrected chi connectivity index (χ0v) is 24.1. The van der Waals surface area contributed by atoms with Crippen LogP contribution in [0.15, 0.2) is 35.5 Å². The van der Waals surface area contributed by atoms with Gasteiger partial charge in [-0.3, -0.25) is 19.4 Å². The van der Waals surface area contributed by atoms with Crippen LogP contribution in [-0.4, -0.2) is 70.5 Å². The average molecular weight is 573 g/mol. The molecule has 4 atom stereocenters. The van der Waals surface area contributed by atoms with E-state index in [1.165, 1.54) is 0 Å². The second kappa shape index (κ2) is 15.6. The van der Waals surface area contributed by atoms with E-state index in [2.05, 4.69) is 25.9 Å². The summed E-state index contributed by atoms with van der Waals surface area (Å²) in [6.07, 6.45) is 2.76. The van der Waals surface area contributed by atoms with E-state index in [1.807, 2.05) is 38.1 Å². The van der Waals surface area contributed by atoms with Crippen LogP contribution in [0.2, 0.25) is 0 Å². The van der Waals surface area contributed by atoms with Crippen LogP contribution in [0.4, 0.5) is 0 Å². The number of aliphatic imine (C=N–C) groups is 1. The van der Waals surface area contributed by atoms with Gasteiger partial charge in [0.1, 0.15) is 18.1 Å². The molecule has 2 rings (SSSR count). The summed E-state index contributed by atoms with van der Waals surface area (Å²) >= 11 is 0. The Morgan fingerprint density at radius 1 is 0.951 bits per heavy atom. The Kier molecular flexibility index (Phi) is 12.6. The Morgan fingerprint density at radius 3 is 2.22 bits per heavy atom. The summed E-state index contributed by atoms with van der Waals surface area (Å²) in [5.41, 5.74) is 18.8. The first-order chi connectivity index (χ1) is 19.3. The smallest absolute Gasteiger partial charge is 0.326 e. The van der Waals surface area contributed by atoms with E-state index in [0.717, 1.165) is 16.5 Å². The zero-order valence-electron chi connectivity index (χ0n) is 24.1. The third-order valence-electron chi connectivity index (χ3n) is 6.60. The molecule has 3 amide bonds. The standard InChI is InChI=1S/C28H44N8O5/c1-15(2)12-22(27(40)41)35-25(38)21(10-7-11-32-28(30)31)34-26(39)23(16(3)4)36-24(37)19(29)13-17-14-33-20-9-6-5-8-18(17)20/h5-6,8-9,14-16,19,21-23,33H,7,10-13,29H2,1-4H3,(H,34,39)(H,35,38)(H,36,37)(H,40,41)(H4,30,31,32). The predicted octanol–water partition coefficient (Wildman–Crippen LogP) is 0.332. The molecule has 13 nitrogen and oxygen atoms in total. The van der Waals surface area contributed by atoms with Gasteiger partial charge in [0, 0.05) is 23.6 Å². The van der Waals surface area contributed by atoms with Gasteiger partial charge >= 0.3 is 5.97 Å². The molecule has 0 aliphatic rings. The Morgan fingerprint density at radius 2 is 1.61 bits per heavy atom. The number of amides is 3. The van der Waals surface area contributed by atoms with Gasteiger partial charge in [0.05, 0.1) is 6.04 Å². The summed E-state index contributed by atoms with van der Waals surface area (Å²) in [4.78, 5) is 58.3. The normalized spacial score (nSPS) is 14.2. The molecule has 1 heterocycles. The molecule has 13 heteroatoms. The van der Waals surface area contributed by atoms with Crippen LogP contribution in [0, 0.1) is 11.8 Å². The fraction of sp³-hybridized carbons (Fsp3) is 0.536. The maximum absolute atomic E-state index is 13.4. The molecule has 11 N–H and O–H groups in total. The number of carbonyl (C=O) groups excluding carboxylic acids is 3. The first-order valence-corrected chi connectivity index (χ1v) is 13.8. The van der Waals surface area contributed by atoms with Gasteiger partial charge in [-0.15, -0.1) is 0 Å². The van der Waals surface area contributed by atoms with Gasteiger partial charge < -0.3 is 43.2 Å². The Balaban J connectivity index is 2.13. The van der Waals surface area contributed by atoms with Crippen LogP contribution in [0.3, 0.4) is 0 Å². The lowest BCUT2D eigenvalue weighted by atomic mass is 10.00. The Labute approximate surface area is 240 Å². The number of hydrogen-bond donors (Lipinski definition) is 8. The fourth-order valence-corrected chi connectivity index (χ4v) is 4.42. The third-order valence-corrected chi connectivity index (χ3v) is 6.60. The number of rotatable bonds is 16. The lowest BCUT2D eigenvalue weighted by molar-refractivity contribution is -0.143. The van der Waals surface area contributed by atoms with E-state index in [-0.39, 0.29) is 43.6 Å². The molecule has 0 aliphatic heterocycles. The van der Waals surface area contributed by atoms with Crippen molar-refractivity contribution in [3.05, 3.63) is 36.0 Å². The van der Waals surface area contributed by atoms with Crippen molar-refractivity contribution in [3.63, 3.8) is 0 Å². The highest BCUT2D eigenvalue weighted by atomic mass is 16.4. The summed E-state index contributed by atoms with van der Waals surface area (Å²) in [7, 11) is 0. The number of carboxylic acid groups (broad SMARTS) is 1. The van der Waals surface area contributed by atoms with Crippen LogP contribution in [0.25, 0.3) is 10.9 Å². The van der Waals surface area contributed by atoms with Crippen molar-refractivity contribution in [1.29, 1.82) is 0 Å². The summed E-state index contributed by atoms with van der Waals surface area (Å²) in [5.74, 6) is -3.36. The summed E-state index contributed by atoms with van der Waals surface area (Å²) < 4.78 is 0. The van der Waals surface area contributed by atoms with Crippen molar-refractivity contribution in [2.45, 2.75) is 77.5 Å². The van der Waals surface area contributed by atoms with Gasteiger partial charge in [-0.25, -0.2) is 4.79 Å². The predicted molar refractivity (Wildman–Crippen MR) is 158 cm³/mol. The molecule has 41 heavy (non-hydrogen) atoms. The molecule has 0 spiro atoms. The van der Waals surface area contributed by atoms with Crippen molar-refractivity contribution >= 4 is 40.6 Å². The van der Waals surface area contributed by atoms with Crippen molar-refractivity contribution in [1.82, 2.24) is 20.9 Å². The van der Waals surface area contributed by atoms with E-state index < -0.39 is 47.9 Å². The summed E-state index contributed by atoms with van der Waals surface area (Å²) in [6, 6.07) is 3.55. The first-order valence-electron chi connectivity index (χ1n) is 13.8. The summed E-state index contributed by atoms with van der Waals surface area (Å²) in [6.45, 7) is 7.41. The van der Waals surface area contributed by atoms with Crippen LogP contribution >= 0.6 is 0 Å². The highest BCUT2D eigenvalue weighted by Gasteiger charge is 2.32. The van der Waals surface area contributed by atoms with Crippen molar-refractivity contribution < 1.29 is 24.3 Å². The van der Waals surface area contributed by atoms with Gasteiger partial charge in [0.15, 0.2) is 5.96 Å². The molecule has 226 valence electrons. The SMILES string of the molecule is CC(C)CC(NC(=O)C(CCCN=C(N)N)NC(=O)C(NC(=O)C(N)Cc1c[nH]c2ccccc12)C(C)C)C(=O)O. The van der Waals surface area contributed by atoms with Crippen LogP contribution in [0.1, 0.15) is 52.5 Å². The molecule has 0 saturated heterocycles. The van der Waals surface area contributed by atoms with Crippen LogP contribution in [-0.2, 0) is 25.6 Å². The topological polar surface area (TPSA) is 231 Å². The van der Waals surface area contributed by atoms with Gasteiger partial charge in [0.2, 0.25) is 17.7 Å². The minimum atomic E-state index is -1.17. The molecule has 0 fully saturated rings. The number of nitrogens with one attached hydrogen (secondary N) is 4. The molecular weight excluding hydrogens is 528 g/mol. The number of carbonyl (C=O) groups is 4. The number of guanidine groups is 1. The Hall–Kier alpha value is -4.13. The van der Waals surface area contributed by atoms with Gasteiger partial charge in [-0.2, -0.15) is 0 Å². The molecule has 0 aliphatic carbocycles. The number of hydrogen-bond acceptors (Lipinski definition) is 6. The largest absolute Gasteiger partial charge is 0.480 e. The number of carboxylic acids is 1. The number of fused-ring (bicyclic) bond motifs is 1. The average Bonchev–Trinajstić information content (AvgIpc) is 3.30. The maximum Gasteiger partial charge on any atom is 0.326 e. The molecule has 0 saturated carbocycles. The molecule has 4 unspecified atom stereocenters. The minimum absolute atomic E-state index is 0.0142. The zero-order chi connectivity index (χ0) is 30.7. The quantitative estimate of drug-likeness (QED) is 0.0791. The number of nitrogens with zero attached hydrogens (tertiary/aromatic N) is 1. The maximum atomic E-state index is 13.4. The lowest BCUT2D eigenvalue weighted by Crippen LogP contribution is -2.58. The molecule has 0 radical (unpaired) electrons. The van der Waals surface area contributed by atoms with Crippen molar-refractivity contribution in [2.24, 2.45) is 34.0 Å².